The third-order valence-corrected chi connectivity index (χ3v) is 4.43. The van der Waals surface area contributed by atoms with Gasteiger partial charge in [-0.2, -0.15) is 0 Å². The first-order chi connectivity index (χ1) is 12.0. The van der Waals surface area contributed by atoms with Gasteiger partial charge in [0.2, 0.25) is 0 Å². The van der Waals surface area contributed by atoms with Gasteiger partial charge in [0.05, 0.1) is 12.8 Å². The van der Waals surface area contributed by atoms with E-state index in [1.165, 1.54) is 11.1 Å². The number of para-hydroxylation sites is 2. The first-order valence-electron chi connectivity index (χ1n) is 8.90. The molecule has 0 aromatic heterocycles. The van der Waals surface area contributed by atoms with Crippen molar-refractivity contribution in [3.05, 3.63) is 59.7 Å². The van der Waals surface area contributed by atoms with Crippen LogP contribution in [0.15, 0.2) is 48.5 Å². The second-order valence-corrected chi connectivity index (χ2v) is 6.55. The Morgan fingerprint density at radius 2 is 1.80 bits per heavy atom. The topological polar surface area (TPSA) is 54.9 Å². The number of carbonyl (C=O) groups is 1. The van der Waals surface area contributed by atoms with E-state index in [9.17, 15) is 4.79 Å². The van der Waals surface area contributed by atoms with Crippen molar-refractivity contribution in [3.63, 3.8) is 0 Å². The maximum absolute atomic E-state index is 12.3. The van der Waals surface area contributed by atoms with E-state index < -0.39 is 0 Å². The number of methoxy groups -OCH3 is 1. The predicted octanol–water partition coefficient (Wildman–Crippen LogP) is 3.16. The summed E-state index contributed by atoms with van der Waals surface area (Å²) >= 11 is 0. The van der Waals surface area contributed by atoms with Crippen molar-refractivity contribution in [2.75, 3.05) is 19.0 Å². The minimum Gasteiger partial charge on any atom is -0.495 e. The minimum absolute atomic E-state index is 0.0275. The summed E-state index contributed by atoms with van der Waals surface area (Å²) in [5, 5.41) is 5.04. The molecule has 25 heavy (non-hydrogen) atoms. The smallest absolute Gasteiger partial charge is 0.279 e. The standard InChI is InChI=1S/C21H28N2O2/c1-5-16-10-12-17(13-11-16)21(15(2)3)22-14-20(24)23-18-8-6-7-9-19(18)25-4/h6-13,15,21-22H,5,14H2,1-4H3,(H,23,24)/p+1/t21-/m1/s1. The quantitative estimate of drug-likeness (QED) is 0.775. The van der Waals surface area contributed by atoms with E-state index >= 15 is 0 Å². The number of benzene rings is 2. The number of carbonyl (C=O) groups excluding carboxylic acids is 1. The molecule has 4 nitrogen and oxygen atoms in total. The second-order valence-electron chi connectivity index (χ2n) is 6.55. The van der Waals surface area contributed by atoms with Crippen LogP contribution < -0.4 is 15.4 Å². The van der Waals surface area contributed by atoms with Gasteiger partial charge in [-0.15, -0.1) is 0 Å². The number of nitrogens with two attached hydrogens (primary N) is 1. The zero-order valence-corrected chi connectivity index (χ0v) is 15.6. The van der Waals surface area contributed by atoms with E-state index in [2.05, 4.69) is 55.7 Å². The molecule has 4 heteroatoms. The summed E-state index contributed by atoms with van der Waals surface area (Å²) in [6, 6.07) is 16.4. The molecule has 0 aliphatic heterocycles. The molecule has 0 spiro atoms. The minimum atomic E-state index is -0.0275. The first-order valence-corrected chi connectivity index (χ1v) is 8.90. The Morgan fingerprint density at radius 1 is 1.12 bits per heavy atom. The van der Waals surface area contributed by atoms with Crippen LogP contribution in [0.1, 0.15) is 37.9 Å². The van der Waals surface area contributed by atoms with Crippen LogP contribution in [0, 0.1) is 5.92 Å². The van der Waals surface area contributed by atoms with Gasteiger partial charge in [-0.25, -0.2) is 0 Å². The molecule has 0 heterocycles. The fourth-order valence-corrected chi connectivity index (χ4v) is 2.95. The third-order valence-electron chi connectivity index (χ3n) is 4.43. The highest BCUT2D eigenvalue weighted by Gasteiger charge is 2.20. The average Bonchev–Trinajstić information content (AvgIpc) is 2.62. The highest BCUT2D eigenvalue weighted by atomic mass is 16.5. The number of hydrogen-bond acceptors (Lipinski definition) is 2. The average molecular weight is 341 g/mol. The number of anilines is 1. The number of amides is 1. The van der Waals surface area contributed by atoms with E-state index in [0.717, 1.165) is 6.42 Å². The number of nitrogens with one attached hydrogen (secondary N) is 1. The van der Waals surface area contributed by atoms with Crippen molar-refractivity contribution in [2.24, 2.45) is 5.92 Å². The van der Waals surface area contributed by atoms with Gasteiger partial charge >= 0.3 is 0 Å². The molecule has 1 amide bonds. The molecule has 2 rings (SSSR count). The molecule has 0 saturated heterocycles. The highest BCUT2D eigenvalue weighted by Crippen LogP contribution is 2.22. The fraction of sp³-hybridized carbons (Fsp3) is 0.381. The zero-order chi connectivity index (χ0) is 18.2. The van der Waals surface area contributed by atoms with E-state index in [1.807, 2.05) is 24.3 Å². The Kier molecular flexibility index (Phi) is 7.02. The largest absolute Gasteiger partial charge is 0.495 e. The van der Waals surface area contributed by atoms with Crippen LogP contribution >= 0.6 is 0 Å². The summed E-state index contributed by atoms with van der Waals surface area (Å²) in [6.45, 7) is 6.90. The molecule has 0 aliphatic carbocycles. The summed E-state index contributed by atoms with van der Waals surface area (Å²) in [5.74, 6) is 1.08. The van der Waals surface area contributed by atoms with Crippen LogP contribution in [0.3, 0.4) is 0 Å². The summed E-state index contributed by atoms with van der Waals surface area (Å²) in [7, 11) is 1.60. The maximum Gasteiger partial charge on any atom is 0.279 e. The number of aryl methyl sites for hydroxylation is 1. The van der Waals surface area contributed by atoms with Gasteiger partial charge in [0.15, 0.2) is 6.54 Å². The maximum atomic E-state index is 12.3. The molecule has 0 bridgehead atoms. The number of hydrogen-bond donors (Lipinski definition) is 2. The van der Waals surface area contributed by atoms with Crippen molar-refractivity contribution in [1.29, 1.82) is 0 Å². The molecular weight excluding hydrogens is 312 g/mol. The van der Waals surface area contributed by atoms with E-state index in [-0.39, 0.29) is 11.9 Å². The van der Waals surface area contributed by atoms with E-state index in [0.29, 0.717) is 23.9 Å². The van der Waals surface area contributed by atoms with Gasteiger partial charge in [0.1, 0.15) is 11.8 Å². The lowest BCUT2D eigenvalue weighted by molar-refractivity contribution is -0.692. The molecule has 0 aliphatic rings. The lowest BCUT2D eigenvalue weighted by atomic mass is 9.95. The van der Waals surface area contributed by atoms with Gasteiger partial charge < -0.3 is 15.4 Å². The van der Waals surface area contributed by atoms with Crippen molar-refractivity contribution >= 4 is 11.6 Å². The first kappa shape index (κ1) is 19.0. The van der Waals surface area contributed by atoms with Crippen molar-refractivity contribution in [3.8, 4) is 5.75 Å². The fourth-order valence-electron chi connectivity index (χ4n) is 2.95. The predicted molar refractivity (Wildman–Crippen MR) is 102 cm³/mol. The van der Waals surface area contributed by atoms with Crippen LogP contribution in [-0.4, -0.2) is 19.6 Å². The summed E-state index contributed by atoms with van der Waals surface area (Å²) in [5.41, 5.74) is 3.30. The summed E-state index contributed by atoms with van der Waals surface area (Å²) in [6.07, 6.45) is 1.04. The molecular formula is C21H29N2O2+. The Hall–Kier alpha value is -2.33. The van der Waals surface area contributed by atoms with Crippen molar-refractivity contribution in [1.82, 2.24) is 0 Å². The SMILES string of the molecule is CCc1ccc([C@H]([NH2+]CC(=O)Nc2ccccc2OC)C(C)C)cc1. The number of quaternary nitrogens is 1. The van der Waals surface area contributed by atoms with Crippen molar-refractivity contribution in [2.45, 2.75) is 33.2 Å². The number of ether oxygens (including phenoxy) is 1. The van der Waals surface area contributed by atoms with E-state index in [4.69, 9.17) is 4.74 Å². The zero-order valence-electron chi connectivity index (χ0n) is 15.6. The van der Waals surface area contributed by atoms with Gasteiger partial charge in [-0.05, 0) is 24.1 Å². The van der Waals surface area contributed by atoms with Crippen LogP contribution in [0.25, 0.3) is 0 Å². The summed E-state index contributed by atoms with van der Waals surface area (Å²) in [4.78, 5) is 12.3. The molecule has 2 aromatic carbocycles. The molecule has 1 atom stereocenters. The van der Waals surface area contributed by atoms with Gasteiger partial charge in [-0.1, -0.05) is 57.2 Å². The lowest BCUT2D eigenvalue weighted by Gasteiger charge is -2.20. The second kappa shape index (κ2) is 9.23. The van der Waals surface area contributed by atoms with Gasteiger partial charge in [-0.3, -0.25) is 4.79 Å². The van der Waals surface area contributed by atoms with Crippen LogP contribution in [0.4, 0.5) is 5.69 Å². The Morgan fingerprint density at radius 3 is 2.40 bits per heavy atom. The Bertz CT molecular complexity index is 681. The molecule has 0 fully saturated rings. The Labute approximate surface area is 150 Å². The molecule has 0 unspecified atom stereocenters. The van der Waals surface area contributed by atoms with Crippen molar-refractivity contribution < 1.29 is 14.8 Å². The lowest BCUT2D eigenvalue weighted by Crippen LogP contribution is -2.88. The Balaban J connectivity index is 1.99. The summed E-state index contributed by atoms with van der Waals surface area (Å²) < 4.78 is 5.28. The molecule has 0 saturated carbocycles. The molecule has 2 aromatic rings. The molecule has 0 radical (unpaired) electrons. The van der Waals surface area contributed by atoms with Crippen LogP contribution in [0.2, 0.25) is 0 Å². The van der Waals surface area contributed by atoms with E-state index in [1.54, 1.807) is 7.11 Å². The van der Waals surface area contributed by atoms with Gasteiger partial charge in [0, 0.05) is 11.5 Å². The third kappa shape index (κ3) is 5.33. The normalized spacial score (nSPS) is 12.0. The van der Waals surface area contributed by atoms with Crippen LogP contribution in [-0.2, 0) is 11.2 Å². The monoisotopic (exact) mass is 341 g/mol. The van der Waals surface area contributed by atoms with Crippen LogP contribution in [0.5, 0.6) is 5.75 Å². The van der Waals surface area contributed by atoms with Gasteiger partial charge in [0.25, 0.3) is 5.91 Å². The highest BCUT2D eigenvalue weighted by molar-refractivity contribution is 5.92. The number of rotatable bonds is 8. The molecule has 3 N–H and O–H groups in total. The molecule has 134 valence electrons.